The molecule has 8 heteroatoms. The number of hydrogen-bond donors (Lipinski definition) is 1. The zero-order valence-corrected chi connectivity index (χ0v) is 16.2. The fourth-order valence-electron chi connectivity index (χ4n) is 3.46. The van der Waals surface area contributed by atoms with Crippen molar-refractivity contribution < 1.29 is 27.1 Å². The second kappa shape index (κ2) is 9.30. The van der Waals surface area contributed by atoms with Crippen molar-refractivity contribution >= 4 is 6.09 Å². The maximum Gasteiger partial charge on any atom is 0.415 e. The molecule has 30 heavy (non-hydrogen) atoms. The molecule has 1 N–H and O–H groups in total. The van der Waals surface area contributed by atoms with Gasteiger partial charge in [-0.15, -0.1) is 0 Å². The van der Waals surface area contributed by atoms with E-state index in [1.165, 1.54) is 17.0 Å². The Morgan fingerprint density at radius 2 is 1.87 bits per heavy atom. The molecule has 3 rings (SSSR count). The van der Waals surface area contributed by atoms with E-state index in [4.69, 9.17) is 4.74 Å². The first-order valence-electron chi connectivity index (χ1n) is 9.51. The van der Waals surface area contributed by atoms with Crippen molar-refractivity contribution in [2.45, 2.75) is 25.1 Å². The highest BCUT2D eigenvalue weighted by Crippen LogP contribution is 2.35. The number of carbonyl (C=O) groups excluding carboxylic acids is 1. The van der Waals surface area contributed by atoms with Crippen LogP contribution in [0.5, 0.6) is 0 Å². The number of hydrogen-bond acceptors (Lipinski definition) is 3. The first kappa shape index (κ1) is 21.8. The summed E-state index contributed by atoms with van der Waals surface area (Å²) in [5.74, 6) is -0.303. The number of nitrogens with zero attached hydrogens (tertiary/aromatic N) is 1. The summed E-state index contributed by atoms with van der Waals surface area (Å²) in [7, 11) is 0. The molecule has 0 fully saturated rings. The lowest BCUT2D eigenvalue weighted by Gasteiger charge is -2.37. The number of benzene rings is 2. The van der Waals surface area contributed by atoms with E-state index in [9.17, 15) is 22.4 Å². The van der Waals surface area contributed by atoms with Crippen LogP contribution in [0.4, 0.5) is 22.4 Å². The third-order valence-electron chi connectivity index (χ3n) is 4.84. The van der Waals surface area contributed by atoms with E-state index in [2.05, 4.69) is 11.9 Å². The maximum atomic E-state index is 13.4. The molecule has 160 valence electrons. The standard InChI is InChI=1S/C22H22F4N2O2/c1-15(10-12-27-14-22(24,25)26)30-21(29)28-13-11-16-4-2-3-5-19(16)20(28)17-6-8-18(23)9-7-17/h2-9,20,27H,1,10-14H2/t20-/m0/s1. The number of alkyl halides is 3. The molecule has 1 aliphatic rings. The SMILES string of the molecule is C=C(CCNCC(F)(F)F)OC(=O)N1CCc2ccccc2[C@@H]1c1ccc(F)cc1. The fraction of sp³-hybridized carbons (Fsp3) is 0.318. The molecule has 0 radical (unpaired) electrons. The number of amides is 1. The average Bonchev–Trinajstić information content (AvgIpc) is 2.70. The summed E-state index contributed by atoms with van der Waals surface area (Å²) in [6.07, 6.45) is -4.25. The fourth-order valence-corrected chi connectivity index (χ4v) is 3.46. The van der Waals surface area contributed by atoms with Crippen LogP contribution in [0.3, 0.4) is 0 Å². The van der Waals surface area contributed by atoms with Gasteiger partial charge in [0.2, 0.25) is 0 Å². The highest BCUT2D eigenvalue weighted by molar-refractivity contribution is 5.71. The Hall–Kier alpha value is -2.87. The molecule has 2 aromatic carbocycles. The first-order chi connectivity index (χ1) is 14.2. The molecule has 1 heterocycles. The highest BCUT2D eigenvalue weighted by atomic mass is 19.4. The van der Waals surface area contributed by atoms with E-state index < -0.39 is 24.9 Å². The van der Waals surface area contributed by atoms with Crippen LogP contribution in [-0.4, -0.2) is 36.8 Å². The number of carbonyl (C=O) groups is 1. The molecular formula is C22H22F4N2O2. The van der Waals surface area contributed by atoms with Crippen LogP contribution < -0.4 is 5.32 Å². The largest absolute Gasteiger partial charge is 0.415 e. The summed E-state index contributed by atoms with van der Waals surface area (Å²) in [6, 6.07) is 13.1. The second-order valence-electron chi connectivity index (χ2n) is 7.04. The van der Waals surface area contributed by atoms with Crippen molar-refractivity contribution in [3.05, 3.63) is 83.4 Å². The molecule has 0 unspecified atom stereocenters. The van der Waals surface area contributed by atoms with Gasteiger partial charge in [-0.05, 0) is 35.2 Å². The van der Waals surface area contributed by atoms with Crippen LogP contribution >= 0.6 is 0 Å². The van der Waals surface area contributed by atoms with Crippen LogP contribution in [0.15, 0.2) is 60.9 Å². The van der Waals surface area contributed by atoms with Gasteiger partial charge in [0.25, 0.3) is 0 Å². The molecule has 1 aliphatic heterocycles. The molecule has 2 aromatic rings. The third kappa shape index (κ3) is 5.60. The molecule has 1 amide bonds. The minimum absolute atomic E-state index is 0.0180. The summed E-state index contributed by atoms with van der Waals surface area (Å²) in [4.78, 5) is 14.4. The van der Waals surface area contributed by atoms with Crippen molar-refractivity contribution in [2.24, 2.45) is 0 Å². The lowest BCUT2D eigenvalue weighted by Crippen LogP contribution is -2.41. The summed E-state index contributed by atoms with van der Waals surface area (Å²) >= 11 is 0. The molecule has 4 nitrogen and oxygen atoms in total. The Bertz CT molecular complexity index is 897. The van der Waals surface area contributed by atoms with Crippen LogP contribution in [0, 0.1) is 5.82 Å². The van der Waals surface area contributed by atoms with Crippen LogP contribution in [0.25, 0.3) is 0 Å². The van der Waals surface area contributed by atoms with Gasteiger partial charge >= 0.3 is 12.3 Å². The van der Waals surface area contributed by atoms with Gasteiger partial charge in [-0.2, -0.15) is 13.2 Å². The Kier molecular flexibility index (Phi) is 6.77. The summed E-state index contributed by atoms with van der Waals surface area (Å²) in [6.45, 7) is 2.88. The Balaban J connectivity index is 1.71. The lowest BCUT2D eigenvalue weighted by atomic mass is 9.88. The maximum absolute atomic E-state index is 13.4. The minimum atomic E-state index is -4.30. The van der Waals surface area contributed by atoms with Crippen molar-refractivity contribution in [3.8, 4) is 0 Å². The summed E-state index contributed by atoms with van der Waals surface area (Å²) in [5.41, 5.74) is 2.74. The highest BCUT2D eigenvalue weighted by Gasteiger charge is 2.33. The number of halogens is 4. The van der Waals surface area contributed by atoms with Gasteiger partial charge in [-0.25, -0.2) is 9.18 Å². The van der Waals surface area contributed by atoms with Crippen molar-refractivity contribution in [1.82, 2.24) is 10.2 Å². The van der Waals surface area contributed by atoms with Crippen molar-refractivity contribution in [1.29, 1.82) is 0 Å². The van der Waals surface area contributed by atoms with Gasteiger partial charge in [0.1, 0.15) is 11.6 Å². The normalized spacial score (nSPS) is 16.1. The Morgan fingerprint density at radius 3 is 2.57 bits per heavy atom. The molecule has 0 aromatic heterocycles. The van der Waals surface area contributed by atoms with Gasteiger partial charge in [-0.1, -0.05) is 43.0 Å². The van der Waals surface area contributed by atoms with E-state index in [0.717, 1.165) is 16.7 Å². The number of rotatable bonds is 6. The van der Waals surface area contributed by atoms with E-state index in [1.54, 1.807) is 12.1 Å². The molecule has 0 saturated heterocycles. The van der Waals surface area contributed by atoms with Crippen molar-refractivity contribution in [2.75, 3.05) is 19.6 Å². The van der Waals surface area contributed by atoms with E-state index in [0.29, 0.717) is 13.0 Å². The lowest BCUT2D eigenvalue weighted by molar-refractivity contribution is -0.124. The van der Waals surface area contributed by atoms with E-state index in [1.807, 2.05) is 24.3 Å². The van der Waals surface area contributed by atoms with Gasteiger partial charge in [-0.3, -0.25) is 4.90 Å². The number of fused-ring (bicyclic) bond motifs is 1. The quantitative estimate of drug-likeness (QED) is 0.406. The molecule has 0 spiro atoms. The first-order valence-corrected chi connectivity index (χ1v) is 9.51. The molecule has 0 bridgehead atoms. The van der Waals surface area contributed by atoms with Crippen LogP contribution in [0.1, 0.15) is 29.2 Å². The smallest absolute Gasteiger partial charge is 0.415 e. The van der Waals surface area contributed by atoms with Crippen molar-refractivity contribution in [3.63, 3.8) is 0 Å². The number of nitrogens with one attached hydrogen (secondary N) is 1. The summed E-state index contributed by atoms with van der Waals surface area (Å²) in [5, 5.41) is 2.24. The predicted molar refractivity (Wildman–Crippen MR) is 104 cm³/mol. The van der Waals surface area contributed by atoms with E-state index >= 15 is 0 Å². The molecular weight excluding hydrogens is 400 g/mol. The zero-order valence-electron chi connectivity index (χ0n) is 16.2. The number of ether oxygens (including phenoxy) is 1. The zero-order chi connectivity index (χ0) is 21.7. The second-order valence-corrected chi connectivity index (χ2v) is 7.04. The van der Waals surface area contributed by atoms with Gasteiger partial charge < -0.3 is 10.1 Å². The predicted octanol–water partition coefficient (Wildman–Crippen LogP) is 4.97. The summed E-state index contributed by atoms with van der Waals surface area (Å²) < 4.78 is 55.3. The van der Waals surface area contributed by atoms with E-state index in [-0.39, 0.29) is 24.5 Å². The monoisotopic (exact) mass is 422 g/mol. The topological polar surface area (TPSA) is 41.6 Å². The van der Waals surface area contributed by atoms with Gasteiger partial charge in [0.05, 0.1) is 12.6 Å². The van der Waals surface area contributed by atoms with Gasteiger partial charge in [0, 0.05) is 19.5 Å². The van der Waals surface area contributed by atoms with Crippen LogP contribution in [-0.2, 0) is 11.2 Å². The molecule has 1 atom stereocenters. The van der Waals surface area contributed by atoms with Gasteiger partial charge in [0.15, 0.2) is 0 Å². The Morgan fingerprint density at radius 1 is 1.17 bits per heavy atom. The average molecular weight is 422 g/mol. The molecule has 0 saturated carbocycles. The minimum Gasteiger partial charge on any atom is -0.415 e. The van der Waals surface area contributed by atoms with Crippen LogP contribution in [0.2, 0.25) is 0 Å². The third-order valence-corrected chi connectivity index (χ3v) is 4.84. The Labute approximate surface area is 172 Å². The molecule has 0 aliphatic carbocycles.